The van der Waals surface area contributed by atoms with Crippen molar-refractivity contribution in [2.24, 2.45) is 11.1 Å². The number of thiocarbonyl (C=S) groups is 1. The molecule has 3 nitrogen and oxygen atoms in total. The van der Waals surface area contributed by atoms with E-state index in [0.29, 0.717) is 4.99 Å². The van der Waals surface area contributed by atoms with Crippen LogP contribution in [-0.4, -0.2) is 40.2 Å². The minimum absolute atomic E-state index is 0.117. The van der Waals surface area contributed by atoms with Crippen LogP contribution >= 0.6 is 12.2 Å². The molecule has 1 aliphatic carbocycles. The summed E-state index contributed by atoms with van der Waals surface area (Å²) >= 11 is 5.03. The third kappa shape index (κ3) is 1.71. The van der Waals surface area contributed by atoms with Crippen molar-refractivity contribution < 1.29 is 5.11 Å². The van der Waals surface area contributed by atoms with Gasteiger partial charge < -0.3 is 10.8 Å². The number of β-amino-alcohol motifs (C(OH)–C–C–N with tert-alkyl or cyclic N) is 1. The largest absolute Gasteiger partial charge is 0.393 e. The SMILES string of the molecule is CC1(O)CN(CC2(C(N)=S)CC2)C1. The minimum Gasteiger partial charge on any atom is -0.393 e. The lowest BCUT2D eigenvalue weighted by Gasteiger charge is -2.45. The van der Waals surface area contributed by atoms with Crippen LogP contribution in [0.25, 0.3) is 0 Å². The van der Waals surface area contributed by atoms with E-state index in [0.717, 1.165) is 32.5 Å². The maximum atomic E-state index is 9.53. The Morgan fingerprint density at radius 1 is 1.54 bits per heavy atom. The second-order valence-electron chi connectivity index (χ2n) is 4.79. The predicted molar refractivity (Wildman–Crippen MR) is 55.5 cm³/mol. The first-order valence-corrected chi connectivity index (χ1v) is 5.09. The zero-order chi connectivity index (χ0) is 9.69. The van der Waals surface area contributed by atoms with Gasteiger partial charge in [-0.05, 0) is 19.8 Å². The van der Waals surface area contributed by atoms with Gasteiger partial charge in [-0.2, -0.15) is 0 Å². The highest BCUT2D eigenvalue weighted by molar-refractivity contribution is 7.80. The molecule has 0 unspecified atom stereocenters. The van der Waals surface area contributed by atoms with E-state index >= 15 is 0 Å². The van der Waals surface area contributed by atoms with E-state index in [9.17, 15) is 5.11 Å². The van der Waals surface area contributed by atoms with Gasteiger partial charge in [-0.25, -0.2) is 0 Å². The summed E-state index contributed by atoms with van der Waals surface area (Å²) < 4.78 is 0. The molecule has 4 heteroatoms. The fourth-order valence-electron chi connectivity index (χ4n) is 2.09. The molecule has 0 radical (unpaired) electrons. The van der Waals surface area contributed by atoms with Crippen molar-refractivity contribution in [2.75, 3.05) is 19.6 Å². The Labute approximate surface area is 83.9 Å². The van der Waals surface area contributed by atoms with Crippen LogP contribution in [0.15, 0.2) is 0 Å². The van der Waals surface area contributed by atoms with Crippen LogP contribution in [0.4, 0.5) is 0 Å². The number of aliphatic hydroxyl groups is 1. The Kier molecular flexibility index (Phi) is 1.91. The highest BCUT2D eigenvalue weighted by Gasteiger charge is 2.50. The summed E-state index contributed by atoms with van der Waals surface area (Å²) in [6.07, 6.45) is 2.25. The van der Waals surface area contributed by atoms with E-state index < -0.39 is 5.60 Å². The van der Waals surface area contributed by atoms with E-state index in [1.807, 2.05) is 6.92 Å². The zero-order valence-electron chi connectivity index (χ0n) is 7.92. The smallest absolute Gasteiger partial charge is 0.0872 e. The van der Waals surface area contributed by atoms with Crippen molar-refractivity contribution in [3.05, 3.63) is 0 Å². The van der Waals surface area contributed by atoms with Crippen molar-refractivity contribution in [1.29, 1.82) is 0 Å². The van der Waals surface area contributed by atoms with Gasteiger partial charge in [0.1, 0.15) is 0 Å². The van der Waals surface area contributed by atoms with Crippen molar-refractivity contribution in [1.82, 2.24) is 4.90 Å². The van der Waals surface area contributed by atoms with Gasteiger partial charge in [0.15, 0.2) is 0 Å². The van der Waals surface area contributed by atoms with E-state index in [1.54, 1.807) is 0 Å². The quantitative estimate of drug-likeness (QED) is 0.635. The monoisotopic (exact) mass is 200 g/mol. The number of rotatable bonds is 3. The predicted octanol–water partition coefficient (Wildman–Crippen LogP) is 0.119. The number of likely N-dealkylation sites (tertiary alicyclic amines) is 1. The first-order valence-electron chi connectivity index (χ1n) is 4.68. The topological polar surface area (TPSA) is 49.5 Å². The average Bonchev–Trinajstić information content (AvgIpc) is 2.64. The molecule has 0 aromatic carbocycles. The molecule has 0 aromatic heterocycles. The highest BCUT2D eigenvalue weighted by Crippen LogP contribution is 2.47. The number of nitrogens with zero attached hydrogens (tertiary/aromatic N) is 1. The second-order valence-corrected chi connectivity index (χ2v) is 5.23. The molecule has 0 spiro atoms. The van der Waals surface area contributed by atoms with Gasteiger partial charge in [-0.1, -0.05) is 12.2 Å². The molecule has 0 aromatic rings. The van der Waals surface area contributed by atoms with Gasteiger partial charge >= 0.3 is 0 Å². The molecule has 3 N–H and O–H groups in total. The van der Waals surface area contributed by atoms with Crippen LogP contribution in [0, 0.1) is 5.41 Å². The van der Waals surface area contributed by atoms with Gasteiger partial charge in [0.2, 0.25) is 0 Å². The van der Waals surface area contributed by atoms with Crippen LogP contribution in [0.2, 0.25) is 0 Å². The van der Waals surface area contributed by atoms with Crippen molar-refractivity contribution in [2.45, 2.75) is 25.4 Å². The molecular formula is C9H16N2OS. The van der Waals surface area contributed by atoms with Crippen molar-refractivity contribution in [3.63, 3.8) is 0 Å². The normalized spacial score (nSPS) is 29.4. The summed E-state index contributed by atoms with van der Waals surface area (Å²) in [7, 11) is 0. The molecule has 0 atom stereocenters. The summed E-state index contributed by atoms with van der Waals surface area (Å²) in [5.74, 6) is 0. The van der Waals surface area contributed by atoms with Crippen LogP contribution in [0.1, 0.15) is 19.8 Å². The van der Waals surface area contributed by atoms with E-state index in [1.165, 1.54) is 0 Å². The molecule has 0 bridgehead atoms. The fraction of sp³-hybridized carbons (Fsp3) is 0.889. The number of nitrogens with two attached hydrogens (primary N) is 1. The van der Waals surface area contributed by atoms with Gasteiger partial charge in [-0.3, -0.25) is 4.90 Å². The molecule has 1 saturated carbocycles. The lowest BCUT2D eigenvalue weighted by atomic mass is 9.94. The maximum Gasteiger partial charge on any atom is 0.0872 e. The Balaban J connectivity index is 1.84. The Morgan fingerprint density at radius 2 is 2.08 bits per heavy atom. The van der Waals surface area contributed by atoms with E-state index in [-0.39, 0.29) is 5.41 Å². The summed E-state index contributed by atoms with van der Waals surface area (Å²) in [5.41, 5.74) is 5.31. The molecule has 2 aliphatic rings. The van der Waals surface area contributed by atoms with Gasteiger partial charge in [0, 0.05) is 25.0 Å². The molecule has 13 heavy (non-hydrogen) atoms. The van der Waals surface area contributed by atoms with Crippen LogP contribution in [-0.2, 0) is 0 Å². The molecular weight excluding hydrogens is 184 g/mol. The highest BCUT2D eigenvalue weighted by atomic mass is 32.1. The molecule has 2 fully saturated rings. The Hall–Kier alpha value is -0.190. The first-order chi connectivity index (χ1) is 5.94. The third-order valence-corrected chi connectivity index (χ3v) is 3.46. The molecule has 1 heterocycles. The molecule has 0 amide bonds. The number of hydrogen-bond donors (Lipinski definition) is 2. The molecule has 1 saturated heterocycles. The Bertz CT molecular complexity index is 240. The van der Waals surface area contributed by atoms with Crippen LogP contribution in [0.3, 0.4) is 0 Å². The molecule has 1 aliphatic heterocycles. The molecule has 74 valence electrons. The number of hydrogen-bond acceptors (Lipinski definition) is 3. The summed E-state index contributed by atoms with van der Waals surface area (Å²) in [4.78, 5) is 2.88. The standard InChI is InChI=1S/C9H16N2OS/c1-8(12)4-11(5-8)6-9(2-3-9)7(10)13/h12H,2-6H2,1H3,(H2,10,13). The zero-order valence-corrected chi connectivity index (χ0v) is 8.73. The lowest BCUT2D eigenvalue weighted by Crippen LogP contribution is -2.61. The minimum atomic E-state index is -0.480. The third-order valence-electron chi connectivity index (χ3n) is 3.03. The summed E-state index contributed by atoms with van der Waals surface area (Å²) in [5, 5.41) is 9.53. The molecule has 2 rings (SSSR count). The first kappa shape index (κ1) is 9.37. The van der Waals surface area contributed by atoms with Crippen molar-refractivity contribution in [3.8, 4) is 0 Å². The van der Waals surface area contributed by atoms with Gasteiger partial charge in [0.25, 0.3) is 0 Å². The maximum absolute atomic E-state index is 9.53. The van der Waals surface area contributed by atoms with Gasteiger partial charge in [0.05, 0.1) is 10.6 Å². The second kappa shape index (κ2) is 2.65. The van der Waals surface area contributed by atoms with Crippen LogP contribution < -0.4 is 5.73 Å². The Morgan fingerprint density at radius 3 is 2.38 bits per heavy atom. The summed E-state index contributed by atoms with van der Waals surface area (Å²) in [6.45, 7) is 4.33. The van der Waals surface area contributed by atoms with E-state index in [4.69, 9.17) is 18.0 Å². The average molecular weight is 200 g/mol. The summed E-state index contributed by atoms with van der Waals surface area (Å²) in [6, 6.07) is 0. The van der Waals surface area contributed by atoms with Crippen molar-refractivity contribution >= 4 is 17.2 Å². The van der Waals surface area contributed by atoms with E-state index in [2.05, 4.69) is 4.90 Å². The lowest BCUT2D eigenvalue weighted by molar-refractivity contribution is -0.0868. The van der Waals surface area contributed by atoms with Crippen LogP contribution in [0.5, 0.6) is 0 Å². The van der Waals surface area contributed by atoms with Gasteiger partial charge in [-0.15, -0.1) is 0 Å². The fourth-order valence-corrected chi connectivity index (χ4v) is 2.36.